The lowest BCUT2D eigenvalue weighted by atomic mass is 10.2. The molecule has 0 amide bonds. The number of para-hydroxylation sites is 1. The molecule has 20 heavy (non-hydrogen) atoms. The van der Waals surface area contributed by atoms with Crippen LogP contribution < -0.4 is 10.5 Å². The molecule has 0 aliphatic rings. The van der Waals surface area contributed by atoms with Gasteiger partial charge in [0.2, 0.25) is 10.0 Å². The molecule has 1 aromatic heterocycles. The van der Waals surface area contributed by atoms with Gasteiger partial charge in [-0.2, -0.15) is 0 Å². The van der Waals surface area contributed by atoms with Crippen LogP contribution in [0.25, 0.3) is 0 Å². The first-order chi connectivity index (χ1) is 9.37. The van der Waals surface area contributed by atoms with Crippen LogP contribution in [0, 0.1) is 0 Å². The lowest BCUT2D eigenvalue weighted by Gasteiger charge is -2.10. The number of nitrogens with one attached hydrogen (secondary N) is 1. The normalized spacial score (nSPS) is 11.3. The SMILES string of the molecule is Nc1ccccc1CS(=O)(=O)Nc1cnc(Cl)c(Br)c1. The second kappa shape index (κ2) is 5.99. The van der Waals surface area contributed by atoms with Crippen molar-refractivity contribution in [2.75, 3.05) is 10.5 Å². The predicted molar refractivity (Wildman–Crippen MR) is 84.0 cm³/mol. The molecule has 0 bridgehead atoms. The quantitative estimate of drug-likeness (QED) is 0.634. The Kier molecular flexibility index (Phi) is 4.52. The zero-order valence-electron chi connectivity index (χ0n) is 10.2. The molecule has 0 saturated carbocycles. The lowest BCUT2D eigenvalue weighted by molar-refractivity contribution is 0.600. The van der Waals surface area contributed by atoms with Crippen LogP contribution in [0.2, 0.25) is 5.15 Å². The van der Waals surface area contributed by atoms with Crippen LogP contribution in [-0.2, 0) is 15.8 Å². The van der Waals surface area contributed by atoms with Crippen LogP contribution >= 0.6 is 27.5 Å². The highest BCUT2D eigenvalue weighted by atomic mass is 79.9. The van der Waals surface area contributed by atoms with E-state index < -0.39 is 10.0 Å². The van der Waals surface area contributed by atoms with Crippen LogP contribution in [0.3, 0.4) is 0 Å². The molecule has 0 saturated heterocycles. The number of halogens is 2. The van der Waals surface area contributed by atoms with E-state index in [1.807, 2.05) is 0 Å². The largest absolute Gasteiger partial charge is 0.398 e. The zero-order valence-corrected chi connectivity index (χ0v) is 13.3. The van der Waals surface area contributed by atoms with Gasteiger partial charge in [0, 0.05) is 5.69 Å². The first-order valence-corrected chi connectivity index (χ1v) is 8.34. The fraction of sp³-hybridized carbons (Fsp3) is 0.0833. The molecule has 1 aromatic carbocycles. The molecule has 0 aliphatic heterocycles. The molecule has 0 unspecified atom stereocenters. The molecule has 2 aromatic rings. The number of hydrogen-bond donors (Lipinski definition) is 2. The van der Waals surface area contributed by atoms with E-state index in [0.717, 1.165) is 0 Å². The van der Waals surface area contributed by atoms with Crippen molar-refractivity contribution in [1.29, 1.82) is 0 Å². The Morgan fingerprint density at radius 2 is 2.05 bits per heavy atom. The van der Waals surface area contributed by atoms with E-state index in [1.54, 1.807) is 30.3 Å². The van der Waals surface area contributed by atoms with Gasteiger partial charge in [0.1, 0.15) is 5.15 Å². The van der Waals surface area contributed by atoms with Crippen molar-refractivity contribution < 1.29 is 8.42 Å². The fourth-order valence-corrected chi connectivity index (χ4v) is 3.23. The Labute approximate surface area is 130 Å². The van der Waals surface area contributed by atoms with Crippen molar-refractivity contribution >= 4 is 48.9 Å². The summed E-state index contributed by atoms with van der Waals surface area (Å²) in [5.41, 5.74) is 7.05. The number of nitrogen functional groups attached to an aromatic ring is 1. The highest BCUT2D eigenvalue weighted by Gasteiger charge is 2.14. The third-order valence-corrected chi connectivity index (χ3v) is 4.84. The smallest absolute Gasteiger partial charge is 0.237 e. The molecular formula is C12H11BrClN3O2S. The van der Waals surface area contributed by atoms with E-state index in [1.165, 1.54) is 6.20 Å². The van der Waals surface area contributed by atoms with Crippen molar-refractivity contribution in [3.8, 4) is 0 Å². The van der Waals surface area contributed by atoms with Gasteiger partial charge in [-0.05, 0) is 33.6 Å². The number of sulfonamides is 1. The third-order valence-electron chi connectivity index (χ3n) is 2.47. The minimum atomic E-state index is -3.57. The van der Waals surface area contributed by atoms with Gasteiger partial charge in [0.25, 0.3) is 0 Å². The molecule has 3 N–H and O–H groups in total. The maximum Gasteiger partial charge on any atom is 0.237 e. The van der Waals surface area contributed by atoms with Crippen LogP contribution in [0.1, 0.15) is 5.56 Å². The Balaban J connectivity index is 2.19. The van der Waals surface area contributed by atoms with Gasteiger partial charge in [-0.1, -0.05) is 29.8 Å². The van der Waals surface area contributed by atoms with Gasteiger partial charge in [-0.25, -0.2) is 13.4 Å². The number of hydrogen-bond acceptors (Lipinski definition) is 4. The highest BCUT2D eigenvalue weighted by Crippen LogP contribution is 2.24. The molecule has 5 nitrogen and oxygen atoms in total. The summed E-state index contributed by atoms with van der Waals surface area (Å²) in [6.07, 6.45) is 1.35. The summed E-state index contributed by atoms with van der Waals surface area (Å²) in [4.78, 5) is 3.85. The molecule has 1 heterocycles. The number of anilines is 2. The van der Waals surface area contributed by atoms with E-state index in [4.69, 9.17) is 17.3 Å². The predicted octanol–water partition coefficient (Wildman–Crippen LogP) is 3.02. The van der Waals surface area contributed by atoms with Crippen molar-refractivity contribution in [1.82, 2.24) is 4.98 Å². The van der Waals surface area contributed by atoms with Crippen LogP contribution in [0.15, 0.2) is 41.0 Å². The van der Waals surface area contributed by atoms with Gasteiger partial charge in [-0.15, -0.1) is 0 Å². The average Bonchev–Trinajstić information content (AvgIpc) is 2.36. The summed E-state index contributed by atoms with van der Waals surface area (Å²) >= 11 is 8.93. The fourth-order valence-electron chi connectivity index (χ4n) is 1.56. The summed E-state index contributed by atoms with van der Waals surface area (Å²) in [5, 5.41) is 0.264. The van der Waals surface area contributed by atoms with Gasteiger partial charge in [-0.3, -0.25) is 4.72 Å². The highest BCUT2D eigenvalue weighted by molar-refractivity contribution is 9.10. The molecule has 0 spiro atoms. The van der Waals surface area contributed by atoms with Crippen molar-refractivity contribution in [3.63, 3.8) is 0 Å². The van der Waals surface area contributed by atoms with Crippen molar-refractivity contribution in [2.24, 2.45) is 0 Å². The summed E-state index contributed by atoms with van der Waals surface area (Å²) in [5.74, 6) is -0.208. The average molecular weight is 377 g/mol. The number of nitrogens with two attached hydrogens (primary N) is 1. The monoisotopic (exact) mass is 375 g/mol. The number of aromatic nitrogens is 1. The van der Waals surface area contributed by atoms with Crippen molar-refractivity contribution in [2.45, 2.75) is 5.75 Å². The third kappa shape index (κ3) is 3.84. The number of pyridine rings is 1. The molecule has 0 aliphatic carbocycles. The van der Waals surface area contributed by atoms with Crippen LogP contribution in [0.5, 0.6) is 0 Å². The number of nitrogens with zero attached hydrogens (tertiary/aromatic N) is 1. The second-order valence-electron chi connectivity index (χ2n) is 4.06. The Morgan fingerprint density at radius 3 is 2.70 bits per heavy atom. The molecule has 106 valence electrons. The van der Waals surface area contributed by atoms with Gasteiger partial charge in [0.05, 0.1) is 22.1 Å². The first kappa shape index (κ1) is 15.1. The van der Waals surface area contributed by atoms with E-state index in [-0.39, 0.29) is 10.9 Å². The summed E-state index contributed by atoms with van der Waals surface area (Å²) in [7, 11) is -3.57. The maximum atomic E-state index is 12.1. The van der Waals surface area contributed by atoms with Crippen LogP contribution in [-0.4, -0.2) is 13.4 Å². The number of rotatable bonds is 4. The Morgan fingerprint density at radius 1 is 1.35 bits per heavy atom. The molecule has 0 fully saturated rings. The molecule has 8 heteroatoms. The molecule has 0 radical (unpaired) electrons. The Hall–Kier alpha value is -1.31. The molecular weight excluding hydrogens is 366 g/mol. The minimum Gasteiger partial charge on any atom is -0.398 e. The minimum absolute atomic E-state index is 0.208. The Bertz CT molecular complexity index is 737. The second-order valence-corrected chi connectivity index (χ2v) is 6.99. The van der Waals surface area contributed by atoms with Gasteiger partial charge in [0.15, 0.2) is 0 Å². The first-order valence-electron chi connectivity index (χ1n) is 5.52. The van der Waals surface area contributed by atoms with E-state index >= 15 is 0 Å². The molecule has 2 rings (SSSR count). The van der Waals surface area contributed by atoms with Gasteiger partial charge < -0.3 is 5.73 Å². The topological polar surface area (TPSA) is 85.1 Å². The summed E-state index contributed by atoms with van der Waals surface area (Å²) < 4.78 is 27.1. The van der Waals surface area contributed by atoms with E-state index in [9.17, 15) is 8.42 Å². The lowest BCUT2D eigenvalue weighted by Crippen LogP contribution is -2.16. The van der Waals surface area contributed by atoms with Crippen molar-refractivity contribution in [3.05, 3.63) is 51.7 Å². The molecule has 0 atom stereocenters. The zero-order chi connectivity index (χ0) is 14.8. The number of benzene rings is 1. The standard InChI is InChI=1S/C12H11BrClN3O2S/c13-10-5-9(6-16-12(10)14)17-20(18,19)7-8-3-1-2-4-11(8)15/h1-6,17H,7,15H2. The summed E-state index contributed by atoms with van der Waals surface area (Å²) in [6, 6.07) is 8.36. The maximum absolute atomic E-state index is 12.1. The van der Waals surface area contributed by atoms with Crippen LogP contribution in [0.4, 0.5) is 11.4 Å². The van der Waals surface area contributed by atoms with E-state index in [2.05, 4.69) is 25.6 Å². The van der Waals surface area contributed by atoms with Gasteiger partial charge >= 0.3 is 0 Å². The van der Waals surface area contributed by atoms with E-state index in [0.29, 0.717) is 21.4 Å². The summed E-state index contributed by atoms with van der Waals surface area (Å²) in [6.45, 7) is 0.